The van der Waals surface area contributed by atoms with Crippen molar-refractivity contribution in [3.05, 3.63) is 17.8 Å². The molecule has 0 radical (unpaired) electrons. The molecule has 2 N–H and O–H groups in total. The summed E-state index contributed by atoms with van der Waals surface area (Å²) in [5.41, 5.74) is 7.75. The molecule has 3 heterocycles. The van der Waals surface area contributed by atoms with E-state index in [0.29, 0.717) is 19.0 Å². The molecule has 2 aliphatic heterocycles. The van der Waals surface area contributed by atoms with E-state index in [-0.39, 0.29) is 6.09 Å². The molecule has 7 nitrogen and oxygen atoms in total. The molecule has 26 heavy (non-hydrogen) atoms. The monoisotopic (exact) mass is 362 g/mol. The highest BCUT2D eigenvalue weighted by Gasteiger charge is 2.28. The predicted molar refractivity (Wildman–Crippen MR) is 101 cm³/mol. The number of amides is 1. The number of nitrogen functional groups attached to an aromatic ring is 1. The first-order valence-corrected chi connectivity index (χ1v) is 9.39. The van der Waals surface area contributed by atoms with Crippen molar-refractivity contribution >= 4 is 17.6 Å². The average molecular weight is 362 g/mol. The zero-order chi connectivity index (χ0) is 18.7. The number of hydrogen-bond acceptors (Lipinski definition) is 6. The molecule has 2 saturated heterocycles. The van der Waals surface area contributed by atoms with Gasteiger partial charge in [-0.15, -0.1) is 0 Å². The maximum absolute atomic E-state index is 12.2. The summed E-state index contributed by atoms with van der Waals surface area (Å²) in [6.07, 6.45) is 3.43. The van der Waals surface area contributed by atoms with Crippen LogP contribution in [0.15, 0.2) is 12.3 Å². The second-order valence-corrected chi connectivity index (χ2v) is 8.01. The minimum Gasteiger partial charge on any atom is -0.444 e. The number of aromatic nitrogens is 1. The van der Waals surface area contributed by atoms with Crippen LogP contribution in [0, 0.1) is 0 Å². The van der Waals surface area contributed by atoms with Gasteiger partial charge in [0, 0.05) is 44.1 Å². The van der Waals surface area contributed by atoms with E-state index in [4.69, 9.17) is 15.2 Å². The van der Waals surface area contributed by atoms with Crippen LogP contribution < -0.4 is 10.6 Å². The van der Waals surface area contributed by atoms with E-state index in [1.165, 1.54) is 0 Å². The molecule has 2 aliphatic rings. The van der Waals surface area contributed by atoms with Crippen LogP contribution in [0.4, 0.5) is 16.3 Å². The summed E-state index contributed by atoms with van der Waals surface area (Å²) in [7, 11) is 0. The lowest BCUT2D eigenvalue weighted by molar-refractivity contribution is 0.0205. The highest BCUT2D eigenvalue weighted by molar-refractivity contribution is 5.68. The Morgan fingerprint density at radius 3 is 2.46 bits per heavy atom. The normalized spacial score (nSPS) is 19.5. The van der Waals surface area contributed by atoms with Crippen molar-refractivity contribution in [2.75, 3.05) is 50.0 Å². The second kappa shape index (κ2) is 7.70. The number of nitrogens with two attached hydrogens (primary N) is 1. The van der Waals surface area contributed by atoms with E-state index in [2.05, 4.69) is 9.88 Å². The van der Waals surface area contributed by atoms with Gasteiger partial charge in [-0.1, -0.05) is 0 Å². The molecule has 0 unspecified atom stereocenters. The quantitative estimate of drug-likeness (QED) is 0.871. The molecule has 1 aromatic heterocycles. The van der Waals surface area contributed by atoms with E-state index in [1.807, 2.05) is 33.0 Å². The van der Waals surface area contributed by atoms with Crippen LogP contribution in [0.3, 0.4) is 0 Å². The van der Waals surface area contributed by atoms with Gasteiger partial charge in [-0.25, -0.2) is 9.78 Å². The Hall–Kier alpha value is -2.02. The number of hydrogen-bond donors (Lipinski definition) is 1. The van der Waals surface area contributed by atoms with Gasteiger partial charge >= 0.3 is 6.09 Å². The van der Waals surface area contributed by atoms with Gasteiger partial charge in [0.15, 0.2) is 0 Å². The highest BCUT2D eigenvalue weighted by Crippen LogP contribution is 2.33. The Balaban J connectivity index is 1.60. The van der Waals surface area contributed by atoms with Crippen molar-refractivity contribution < 1.29 is 14.3 Å². The standard InChI is InChI=1S/C19H30N4O3/c1-19(2,3)26-18(24)23-6-4-14(5-7-23)15-13-21-17(12-16(15)20)22-8-10-25-11-9-22/h12-14H,4-11H2,1-3H3,(H2,20,21). The van der Waals surface area contributed by atoms with Gasteiger partial charge in [-0.05, 0) is 45.1 Å². The van der Waals surface area contributed by atoms with E-state index >= 15 is 0 Å². The summed E-state index contributed by atoms with van der Waals surface area (Å²) in [6.45, 7) is 10.2. The van der Waals surface area contributed by atoms with E-state index in [9.17, 15) is 4.79 Å². The molecule has 1 amide bonds. The first kappa shape index (κ1) is 18.8. The number of carbonyl (C=O) groups excluding carboxylic acids is 1. The topological polar surface area (TPSA) is 80.9 Å². The summed E-state index contributed by atoms with van der Waals surface area (Å²) in [4.78, 5) is 20.8. The Bertz CT molecular complexity index is 630. The van der Waals surface area contributed by atoms with Gasteiger partial charge in [0.25, 0.3) is 0 Å². The maximum Gasteiger partial charge on any atom is 0.410 e. The maximum atomic E-state index is 12.2. The first-order valence-electron chi connectivity index (χ1n) is 9.39. The number of morpholine rings is 1. The Labute approximate surface area is 155 Å². The van der Waals surface area contributed by atoms with E-state index in [0.717, 1.165) is 56.2 Å². The number of pyridine rings is 1. The molecule has 1 aromatic rings. The van der Waals surface area contributed by atoms with Gasteiger partial charge in [-0.2, -0.15) is 0 Å². The van der Waals surface area contributed by atoms with Crippen molar-refractivity contribution in [2.45, 2.75) is 45.1 Å². The van der Waals surface area contributed by atoms with Crippen LogP contribution in [0.1, 0.15) is 45.1 Å². The van der Waals surface area contributed by atoms with Crippen molar-refractivity contribution in [3.8, 4) is 0 Å². The summed E-state index contributed by atoms with van der Waals surface area (Å²) >= 11 is 0. The lowest BCUT2D eigenvalue weighted by Crippen LogP contribution is -2.41. The molecule has 0 aliphatic carbocycles. The van der Waals surface area contributed by atoms with Crippen LogP contribution in [0.2, 0.25) is 0 Å². The molecule has 0 spiro atoms. The number of anilines is 2. The molecule has 0 aromatic carbocycles. The van der Waals surface area contributed by atoms with Crippen LogP contribution in [-0.4, -0.2) is 61.0 Å². The third kappa shape index (κ3) is 4.58. The fourth-order valence-corrected chi connectivity index (χ4v) is 3.48. The number of likely N-dealkylation sites (tertiary alicyclic amines) is 1. The minimum atomic E-state index is -0.461. The number of carbonyl (C=O) groups is 1. The summed E-state index contributed by atoms with van der Waals surface area (Å²) in [6, 6.07) is 1.97. The number of piperidine rings is 1. The van der Waals surface area contributed by atoms with Gasteiger partial charge in [0.1, 0.15) is 11.4 Å². The van der Waals surface area contributed by atoms with Crippen molar-refractivity contribution in [1.29, 1.82) is 0 Å². The molecule has 144 valence electrons. The first-order chi connectivity index (χ1) is 12.3. The van der Waals surface area contributed by atoms with Crippen molar-refractivity contribution in [3.63, 3.8) is 0 Å². The van der Waals surface area contributed by atoms with E-state index in [1.54, 1.807) is 4.90 Å². The minimum absolute atomic E-state index is 0.232. The molecular formula is C19H30N4O3. The van der Waals surface area contributed by atoms with Crippen LogP contribution in [-0.2, 0) is 9.47 Å². The highest BCUT2D eigenvalue weighted by atomic mass is 16.6. The third-order valence-corrected chi connectivity index (χ3v) is 4.88. The number of rotatable bonds is 2. The number of ether oxygens (including phenoxy) is 2. The largest absolute Gasteiger partial charge is 0.444 e. The summed E-state index contributed by atoms with van der Waals surface area (Å²) < 4.78 is 10.8. The Morgan fingerprint density at radius 1 is 1.23 bits per heavy atom. The molecule has 0 saturated carbocycles. The van der Waals surface area contributed by atoms with Gasteiger partial charge < -0.3 is 25.0 Å². The van der Waals surface area contributed by atoms with Crippen molar-refractivity contribution in [1.82, 2.24) is 9.88 Å². The Morgan fingerprint density at radius 2 is 1.88 bits per heavy atom. The summed E-state index contributed by atoms with van der Waals surface area (Å²) in [5.74, 6) is 1.25. The third-order valence-electron chi connectivity index (χ3n) is 4.88. The second-order valence-electron chi connectivity index (χ2n) is 8.01. The van der Waals surface area contributed by atoms with Crippen LogP contribution in [0.5, 0.6) is 0 Å². The zero-order valence-corrected chi connectivity index (χ0v) is 16.0. The van der Waals surface area contributed by atoms with Crippen LogP contribution >= 0.6 is 0 Å². The van der Waals surface area contributed by atoms with Gasteiger partial charge in [0.05, 0.1) is 13.2 Å². The predicted octanol–water partition coefficient (Wildman–Crippen LogP) is 2.61. The van der Waals surface area contributed by atoms with Crippen LogP contribution in [0.25, 0.3) is 0 Å². The Kier molecular flexibility index (Phi) is 5.55. The fourth-order valence-electron chi connectivity index (χ4n) is 3.48. The average Bonchev–Trinajstić information content (AvgIpc) is 2.61. The molecule has 7 heteroatoms. The lowest BCUT2D eigenvalue weighted by Gasteiger charge is -2.34. The van der Waals surface area contributed by atoms with Gasteiger partial charge in [0.2, 0.25) is 0 Å². The molecule has 0 bridgehead atoms. The van der Waals surface area contributed by atoms with E-state index < -0.39 is 5.60 Å². The zero-order valence-electron chi connectivity index (χ0n) is 16.0. The van der Waals surface area contributed by atoms with Crippen molar-refractivity contribution in [2.24, 2.45) is 0 Å². The fraction of sp³-hybridized carbons (Fsp3) is 0.684. The number of nitrogens with zero attached hydrogens (tertiary/aromatic N) is 3. The van der Waals surface area contributed by atoms with Gasteiger partial charge in [-0.3, -0.25) is 0 Å². The SMILES string of the molecule is CC(C)(C)OC(=O)N1CCC(c2cnc(N3CCOCC3)cc2N)CC1. The lowest BCUT2D eigenvalue weighted by atomic mass is 9.89. The molecular weight excluding hydrogens is 332 g/mol. The smallest absolute Gasteiger partial charge is 0.410 e. The molecule has 0 atom stereocenters. The molecule has 2 fully saturated rings. The summed E-state index contributed by atoms with van der Waals surface area (Å²) in [5, 5.41) is 0. The molecule has 3 rings (SSSR count).